The van der Waals surface area contributed by atoms with Gasteiger partial charge in [0.25, 0.3) is 11.8 Å². The zero-order valence-corrected chi connectivity index (χ0v) is 20.6. The highest BCUT2D eigenvalue weighted by atomic mass is 35.5. The quantitative estimate of drug-likeness (QED) is 0.474. The molecule has 192 valence electrons. The highest BCUT2D eigenvalue weighted by molar-refractivity contribution is 7.18. The van der Waals surface area contributed by atoms with E-state index in [-0.39, 0.29) is 49.7 Å². The fourth-order valence-electron chi connectivity index (χ4n) is 3.55. The smallest absolute Gasteiger partial charge is 0.408 e. The molecule has 2 fully saturated rings. The molecule has 2 aromatic rings. The third-order valence-corrected chi connectivity index (χ3v) is 6.92. The molecule has 0 bridgehead atoms. The van der Waals surface area contributed by atoms with Crippen LogP contribution in [-0.2, 0) is 19.1 Å². The second-order valence-corrected chi connectivity index (χ2v) is 9.94. The van der Waals surface area contributed by atoms with Gasteiger partial charge in [0.05, 0.1) is 21.5 Å². The lowest BCUT2D eigenvalue weighted by Gasteiger charge is -2.27. The van der Waals surface area contributed by atoms with Crippen molar-refractivity contribution >= 4 is 58.1 Å². The molecule has 1 aromatic carbocycles. The van der Waals surface area contributed by atoms with E-state index >= 15 is 0 Å². The molecule has 1 saturated heterocycles. The van der Waals surface area contributed by atoms with E-state index in [9.17, 15) is 23.6 Å². The standard InChI is InChI=1S/C23H24ClFN4O6S/c24-19-7-6-18(36-19)22(32)26-11-16(28-23(33)35-14-2-1-3-14)21(31)27-13-4-5-17(15(25)10-13)29-8-9-34-12-20(29)30/h4-7,10,14,16H,1-3,8-9,11-12H2,(H,26,32)(H,27,31)(H,28,33)/t16-/m1/s1. The first-order chi connectivity index (χ1) is 17.3. The van der Waals surface area contributed by atoms with Crippen molar-refractivity contribution in [2.45, 2.75) is 31.4 Å². The summed E-state index contributed by atoms with van der Waals surface area (Å²) in [5, 5.41) is 7.58. The minimum absolute atomic E-state index is 0.0712. The molecule has 36 heavy (non-hydrogen) atoms. The van der Waals surface area contributed by atoms with Crippen LogP contribution in [0.4, 0.5) is 20.6 Å². The topological polar surface area (TPSA) is 126 Å². The van der Waals surface area contributed by atoms with E-state index in [1.54, 1.807) is 12.1 Å². The molecule has 2 heterocycles. The maximum absolute atomic E-state index is 14.8. The summed E-state index contributed by atoms with van der Waals surface area (Å²) in [7, 11) is 0. The van der Waals surface area contributed by atoms with Crippen molar-refractivity contribution in [3.05, 3.63) is 45.4 Å². The SMILES string of the molecule is O=C(N[C@H](CNC(=O)c1ccc(Cl)s1)C(=O)Nc1ccc(N2CCOCC2=O)c(F)c1)OC1CCC1. The molecule has 2 aliphatic rings. The Morgan fingerprint density at radius 3 is 2.69 bits per heavy atom. The number of halogens is 2. The highest BCUT2D eigenvalue weighted by Gasteiger charge is 2.28. The molecular weight excluding hydrogens is 515 g/mol. The number of rotatable bonds is 8. The first kappa shape index (κ1) is 25.9. The summed E-state index contributed by atoms with van der Waals surface area (Å²) in [5.41, 5.74) is 0.180. The molecule has 13 heteroatoms. The molecule has 3 N–H and O–H groups in total. The van der Waals surface area contributed by atoms with Gasteiger partial charge in [0, 0.05) is 18.8 Å². The monoisotopic (exact) mass is 538 g/mol. The fraction of sp³-hybridized carbons (Fsp3) is 0.391. The van der Waals surface area contributed by atoms with Crippen molar-refractivity contribution in [1.29, 1.82) is 0 Å². The van der Waals surface area contributed by atoms with Crippen molar-refractivity contribution in [2.75, 3.05) is 36.5 Å². The lowest BCUT2D eigenvalue weighted by Crippen LogP contribution is -2.51. The van der Waals surface area contributed by atoms with Crippen LogP contribution in [0.2, 0.25) is 4.34 Å². The van der Waals surface area contributed by atoms with Crippen LogP contribution in [0.25, 0.3) is 0 Å². The minimum atomic E-state index is -1.21. The maximum atomic E-state index is 14.8. The van der Waals surface area contributed by atoms with E-state index in [4.69, 9.17) is 21.1 Å². The molecule has 0 spiro atoms. The molecule has 1 aliphatic carbocycles. The molecule has 0 unspecified atom stereocenters. The van der Waals surface area contributed by atoms with Crippen LogP contribution in [-0.4, -0.2) is 62.3 Å². The number of carbonyl (C=O) groups is 4. The van der Waals surface area contributed by atoms with Crippen molar-refractivity contribution in [1.82, 2.24) is 10.6 Å². The molecule has 1 aromatic heterocycles. The number of hydrogen-bond acceptors (Lipinski definition) is 7. The number of anilines is 2. The largest absolute Gasteiger partial charge is 0.446 e. The summed E-state index contributed by atoms with van der Waals surface area (Å²) in [6.07, 6.45) is 1.45. The Balaban J connectivity index is 1.42. The van der Waals surface area contributed by atoms with Gasteiger partial charge in [0.2, 0.25) is 5.91 Å². The van der Waals surface area contributed by atoms with Crippen LogP contribution in [0.15, 0.2) is 30.3 Å². The van der Waals surface area contributed by atoms with E-state index in [2.05, 4.69) is 16.0 Å². The lowest BCUT2D eigenvalue weighted by atomic mass is 9.96. The first-order valence-corrected chi connectivity index (χ1v) is 12.5. The molecule has 0 radical (unpaired) electrons. The van der Waals surface area contributed by atoms with Crippen LogP contribution in [0.3, 0.4) is 0 Å². The number of alkyl carbamates (subject to hydrolysis) is 1. The lowest BCUT2D eigenvalue weighted by molar-refractivity contribution is -0.125. The second-order valence-electron chi connectivity index (χ2n) is 8.22. The van der Waals surface area contributed by atoms with Crippen molar-refractivity contribution < 1.29 is 33.0 Å². The van der Waals surface area contributed by atoms with Crippen LogP contribution in [0.5, 0.6) is 0 Å². The molecule has 1 atom stereocenters. The average molecular weight is 539 g/mol. The molecule has 4 rings (SSSR count). The van der Waals surface area contributed by atoms with E-state index in [1.165, 1.54) is 17.0 Å². The summed E-state index contributed by atoms with van der Waals surface area (Å²) >= 11 is 6.94. The normalized spacial score (nSPS) is 16.6. The second kappa shape index (κ2) is 11.7. The maximum Gasteiger partial charge on any atom is 0.408 e. The van der Waals surface area contributed by atoms with Crippen LogP contribution in [0.1, 0.15) is 28.9 Å². The van der Waals surface area contributed by atoms with E-state index in [1.807, 2.05) is 0 Å². The van der Waals surface area contributed by atoms with Gasteiger partial charge < -0.3 is 30.3 Å². The average Bonchev–Trinajstić information content (AvgIpc) is 3.26. The van der Waals surface area contributed by atoms with Crippen molar-refractivity contribution in [2.24, 2.45) is 0 Å². The minimum Gasteiger partial charge on any atom is -0.446 e. The van der Waals surface area contributed by atoms with Crippen molar-refractivity contribution in [3.8, 4) is 0 Å². The Labute approximate surface area is 215 Å². The van der Waals surface area contributed by atoms with Gasteiger partial charge in [0.1, 0.15) is 24.6 Å². The number of morpholine rings is 1. The number of carbonyl (C=O) groups excluding carboxylic acids is 4. The van der Waals surface area contributed by atoms with Crippen LogP contribution >= 0.6 is 22.9 Å². The van der Waals surface area contributed by atoms with Gasteiger partial charge in [0.15, 0.2) is 0 Å². The molecule has 10 nitrogen and oxygen atoms in total. The number of benzene rings is 1. The number of amides is 4. The van der Waals surface area contributed by atoms with Gasteiger partial charge in [-0.15, -0.1) is 11.3 Å². The third kappa shape index (κ3) is 6.50. The van der Waals surface area contributed by atoms with Gasteiger partial charge in [-0.2, -0.15) is 0 Å². The van der Waals surface area contributed by atoms with Gasteiger partial charge in [-0.25, -0.2) is 9.18 Å². The third-order valence-electron chi connectivity index (χ3n) is 5.69. The Morgan fingerprint density at radius 1 is 1.25 bits per heavy atom. The van der Waals surface area contributed by atoms with Gasteiger partial charge in [-0.1, -0.05) is 11.6 Å². The number of nitrogens with one attached hydrogen (secondary N) is 3. The Kier molecular flexibility index (Phi) is 8.39. The van der Waals surface area contributed by atoms with Crippen molar-refractivity contribution in [3.63, 3.8) is 0 Å². The molecule has 1 aliphatic heterocycles. The van der Waals surface area contributed by atoms with Gasteiger partial charge in [-0.05, 0) is 49.6 Å². The first-order valence-electron chi connectivity index (χ1n) is 11.3. The molecular formula is C23H24ClFN4O6S. The van der Waals surface area contributed by atoms with E-state index in [0.717, 1.165) is 36.7 Å². The van der Waals surface area contributed by atoms with E-state index < -0.39 is 29.8 Å². The summed E-state index contributed by atoms with van der Waals surface area (Å²) < 4.78 is 25.5. The summed E-state index contributed by atoms with van der Waals surface area (Å²) in [4.78, 5) is 51.3. The highest BCUT2D eigenvalue weighted by Crippen LogP contribution is 2.25. The van der Waals surface area contributed by atoms with Crippen LogP contribution < -0.4 is 20.9 Å². The van der Waals surface area contributed by atoms with Gasteiger partial charge >= 0.3 is 6.09 Å². The van der Waals surface area contributed by atoms with Gasteiger partial charge in [-0.3, -0.25) is 14.4 Å². The van der Waals surface area contributed by atoms with Crippen LogP contribution in [0, 0.1) is 5.82 Å². The Hall–Kier alpha value is -3.22. The zero-order chi connectivity index (χ0) is 25.7. The molecule has 1 saturated carbocycles. The Morgan fingerprint density at radius 2 is 2.06 bits per heavy atom. The predicted molar refractivity (Wildman–Crippen MR) is 131 cm³/mol. The van der Waals surface area contributed by atoms with E-state index in [0.29, 0.717) is 9.21 Å². The Bertz CT molecular complexity index is 1160. The zero-order valence-electron chi connectivity index (χ0n) is 19.1. The molecule has 4 amide bonds. The number of hydrogen-bond donors (Lipinski definition) is 3. The number of ether oxygens (including phenoxy) is 2. The predicted octanol–water partition coefficient (Wildman–Crippen LogP) is 2.92. The number of thiophene rings is 1. The number of nitrogens with zero attached hydrogens (tertiary/aromatic N) is 1. The summed E-state index contributed by atoms with van der Waals surface area (Å²) in [5.74, 6) is -2.24. The summed E-state index contributed by atoms with van der Waals surface area (Å²) in [6, 6.07) is 5.80. The fourth-order valence-corrected chi connectivity index (χ4v) is 4.51. The summed E-state index contributed by atoms with van der Waals surface area (Å²) in [6.45, 7) is 0.123.